The van der Waals surface area contributed by atoms with Crippen molar-refractivity contribution in [3.8, 4) is 0 Å². The molecular formula is C15H30N2O. The Morgan fingerprint density at radius 3 is 2.61 bits per heavy atom. The van der Waals surface area contributed by atoms with Gasteiger partial charge in [-0.05, 0) is 57.0 Å². The Balaban J connectivity index is 1.65. The summed E-state index contributed by atoms with van der Waals surface area (Å²) in [6.07, 6.45) is 6.37. The molecule has 1 aliphatic carbocycles. The second-order valence-corrected chi connectivity index (χ2v) is 6.57. The van der Waals surface area contributed by atoms with Crippen molar-refractivity contribution < 1.29 is 5.11 Å². The van der Waals surface area contributed by atoms with Crippen LogP contribution in [0.15, 0.2) is 0 Å². The van der Waals surface area contributed by atoms with Crippen molar-refractivity contribution in [1.29, 1.82) is 0 Å². The molecule has 106 valence electrons. The van der Waals surface area contributed by atoms with Gasteiger partial charge in [-0.1, -0.05) is 13.8 Å². The number of nitrogens with one attached hydrogen (secondary N) is 1. The van der Waals surface area contributed by atoms with Crippen LogP contribution < -0.4 is 5.32 Å². The van der Waals surface area contributed by atoms with Gasteiger partial charge >= 0.3 is 0 Å². The van der Waals surface area contributed by atoms with Crippen LogP contribution in [-0.4, -0.2) is 48.3 Å². The molecule has 3 heteroatoms. The minimum atomic E-state index is -0.193. The summed E-state index contributed by atoms with van der Waals surface area (Å²) in [5.41, 5.74) is 0. The Morgan fingerprint density at radius 2 is 1.94 bits per heavy atom. The van der Waals surface area contributed by atoms with Gasteiger partial charge in [-0.2, -0.15) is 0 Å². The molecule has 0 radical (unpaired) electrons. The number of β-amino-alcohol motifs (C(OH)–C–C–N with tert-alkyl or cyclic N) is 1. The Labute approximate surface area is 112 Å². The summed E-state index contributed by atoms with van der Waals surface area (Å²) in [4.78, 5) is 2.46. The first kappa shape index (κ1) is 14.3. The summed E-state index contributed by atoms with van der Waals surface area (Å²) in [6, 6.07) is 0.703. The van der Waals surface area contributed by atoms with Crippen LogP contribution >= 0.6 is 0 Å². The van der Waals surface area contributed by atoms with Gasteiger partial charge in [-0.15, -0.1) is 0 Å². The van der Waals surface area contributed by atoms with E-state index in [9.17, 15) is 5.11 Å². The molecule has 0 aromatic carbocycles. The SMILES string of the molecule is CC(C)C1CCCN(CC(O)CNC2CC2)CC1. The zero-order chi connectivity index (χ0) is 13.0. The quantitative estimate of drug-likeness (QED) is 0.759. The first-order valence-electron chi connectivity index (χ1n) is 7.79. The van der Waals surface area contributed by atoms with Crippen LogP contribution in [0.25, 0.3) is 0 Å². The van der Waals surface area contributed by atoms with Gasteiger partial charge < -0.3 is 15.3 Å². The largest absolute Gasteiger partial charge is 0.390 e. The molecular weight excluding hydrogens is 224 g/mol. The number of nitrogens with zero attached hydrogens (tertiary/aromatic N) is 1. The zero-order valence-corrected chi connectivity index (χ0v) is 12.1. The fourth-order valence-corrected chi connectivity index (χ4v) is 2.98. The smallest absolute Gasteiger partial charge is 0.0791 e. The van der Waals surface area contributed by atoms with Gasteiger partial charge in [0, 0.05) is 19.1 Å². The lowest BCUT2D eigenvalue weighted by Crippen LogP contribution is -2.39. The number of hydrogen-bond donors (Lipinski definition) is 2. The highest BCUT2D eigenvalue weighted by Crippen LogP contribution is 2.24. The molecule has 0 amide bonds. The second-order valence-electron chi connectivity index (χ2n) is 6.57. The van der Waals surface area contributed by atoms with Crippen LogP contribution in [0.5, 0.6) is 0 Å². The maximum Gasteiger partial charge on any atom is 0.0791 e. The predicted molar refractivity (Wildman–Crippen MR) is 75.7 cm³/mol. The molecule has 0 aromatic rings. The molecule has 2 atom stereocenters. The summed E-state index contributed by atoms with van der Waals surface area (Å²) < 4.78 is 0. The van der Waals surface area contributed by atoms with E-state index in [1.54, 1.807) is 0 Å². The normalized spacial score (nSPS) is 28.3. The molecule has 0 spiro atoms. The van der Waals surface area contributed by atoms with Gasteiger partial charge in [0.15, 0.2) is 0 Å². The van der Waals surface area contributed by atoms with Crippen LogP contribution in [0.4, 0.5) is 0 Å². The highest BCUT2D eigenvalue weighted by atomic mass is 16.3. The van der Waals surface area contributed by atoms with E-state index in [4.69, 9.17) is 0 Å². The van der Waals surface area contributed by atoms with Crippen molar-refractivity contribution in [2.75, 3.05) is 26.2 Å². The number of aliphatic hydroxyl groups is 1. The number of rotatable bonds is 6. The summed E-state index contributed by atoms with van der Waals surface area (Å²) in [5.74, 6) is 1.70. The van der Waals surface area contributed by atoms with E-state index in [1.165, 1.54) is 45.2 Å². The molecule has 2 rings (SSSR count). The van der Waals surface area contributed by atoms with E-state index in [2.05, 4.69) is 24.1 Å². The molecule has 0 bridgehead atoms. The molecule has 1 heterocycles. The van der Waals surface area contributed by atoms with E-state index in [-0.39, 0.29) is 6.10 Å². The fraction of sp³-hybridized carbons (Fsp3) is 1.00. The van der Waals surface area contributed by atoms with Crippen molar-refractivity contribution in [1.82, 2.24) is 10.2 Å². The lowest BCUT2D eigenvalue weighted by molar-refractivity contribution is 0.112. The van der Waals surface area contributed by atoms with Gasteiger partial charge in [0.25, 0.3) is 0 Å². The van der Waals surface area contributed by atoms with E-state index in [0.29, 0.717) is 6.04 Å². The molecule has 2 fully saturated rings. The van der Waals surface area contributed by atoms with E-state index in [0.717, 1.165) is 24.9 Å². The lowest BCUT2D eigenvalue weighted by atomic mass is 9.89. The maximum atomic E-state index is 10.0. The van der Waals surface area contributed by atoms with Crippen LogP contribution in [0.2, 0.25) is 0 Å². The molecule has 1 aliphatic heterocycles. The third-order valence-electron chi connectivity index (χ3n) is 4.50. The Morgan fingerprint density at radius 1 is 1.17 bits per heavy atom. The highest BCUT2D eigenvalue weighted by Gasteiger charge is 2.23. The van der Waals surface area contributed by atoms with E-state index >= 15 is 0 Å². The van der Waals surface area contributed by atoms with Gasteiger partial charge in [0.2, 0.25) is 0 Å². The summed E-state index contributed by atoms with van der Waals surface area (Å²) in [7, 11) is 0. The number of hydrogen-bond acceptors (Lipinski definition) is 3. The summed E-state index contributed by atoms with van der Waals surface area (Å²) >= 11 is 0. The summed E-state index contributed by atoms with van der Waals surface area (Å²) in [5, 5.41) is 13.5. The van der Waals surface area contributed by atoms with Crippen LogP contribution in [-0.2, 0) is 0 Å². The van der Waals surface area contributed by atoms with E-state index in [1.807, 2.05) is 0 Å². The third kappa shape index (κ3) is 4.87. The molecule has 3 nitrogen and oxygen atoms in total. The number of likely N-dealkylation sites (tertiary alicyclic amines) is 1. The molecule has 0 aromatic heterocycles. The van der Waals surface area contributed by atoms with Crippen LogP contribution in [0, 0.1) is 11.8 Å². The predicted octanol–water partition coefficient (Wildman–Crippen LogP) is 1.86. The van der Waals surface area contributed by atoms with Gasteiger partial charge in [0.1, 0.15) is 0 Å². The van der Waals surface area contributed by atoms with Gasteiger partial charge in [-0.25, -0.2) is 0 Å². The fourth-order valence-electron chi connectivity index (χ4n) is 2.98. The molecule has 1 saturated heterocycles. The Hall–Kier alpha value is -0.120. The van der Waals surface area contributed by atoms with Crippen molar-refractivity contribution in [2.45, 2.75) is 58.1 Å². The Kier molecular flexibility index (Phi) is 5.46. The van der Waals surface area contributed by atoms with Gasteiger partial charge in [0.05, 0.1) is 6.10 Å². The van der Waals surface area contributed by atoms with Crippen molar-refractivity contribution in [3.05, 3.63) is 0 Å². The van der Waals surface area contributed by atoms with Crippen LogP contribution in [0.1, 0.15) is 46.0 Å². The molecule has 2 aliphatic rings. The standard InChI is InChI=1S/C15H30N2O/c1-12(2)13-4-3-8-17(9-7-13)11-15(18)10-16-14-5-6-14/h12-16,18H,3-11H2,1-2H3. The third-order valence-corrected chi connectivity index (χ3v) is 4.50. The minimum Gasteiger partial charge on any atom is -0.390 e. The second kappa shape index (κ2) is 6.88. The van der Waals surface area contributed by atoms with Crippen molar-refractivity contribution >= 4 is 0 Å². The topological polar surface area (TPSA) is 35.5 Å². The molecule has 2 N–H and O–H groups in total. The lowest BCUT2D eigenvalue weighted by Gasteiger charge is -2.24. The zero-order valence-electron chi connectivity index (χ0n) is 12.1. The number of aliphatic hydroxyl groups excluding tert-OH is 1. The van der Waals surface area contributed by atoms with Crippen molar-refractivity contribution in [3.63, 3.8) is 0 Å². The first-order chi connectivity index (χ1) is 8.65. The van der Waals surface area contributed by atoms with E-state index < -0.39 is 0 Å². The monoisotopic (exact) mass is 254 g/mol. The summed E-state index contributed by atoms with van der Waals surface area (Å²) in [6.45, 7) is 8.65. The maximum absolute atomic E-state index is 10.0. The van der Waals surface area contributed by atoms with Crippen molar-refractivity contribution in [2.24, 2.45) is 11.8 Å². The molecule has 2 unspecified atom stereocenters. The molecule has 1 saturated carbocycles. The van der Waals surface area contributed by atoms with Crippen LogP contribution in [0.3, 0.4) is 0 Å². The van der Waals surface area contributed by atoms with Gasteiger partial charge in [-0.3, -0.25) is 0 Å². The highest BCUT2D eigenvalue weighted by molar-refractivity contribution is 4.82. The molecule has 18 heavy (non-hydrogen) atoms. The Bertz CT molecular complexity index is 241. The first-order valence-corrected chi connectivity index (χ1v) is 7.79. The minimum absolute atomic E-state index is 0.193. The average molecular weight is 254 g/mol. The average Bonchev–Trinajstić information content (AvgIpc) is 3.13.